The fourth-order valence-electron chi connectivity index (χ4n) is 3.36. The lowest BCUT2D eigenvalue weighted by Gasteiger charge is -2.43. The highest BCUT2D eigenvalue weighted by Crippen LogP contribution is 2.41. The van der Waals surface area contributed by atoms with Crippen LogP contribution in [0.4, 0.5) is 0 Å². The van der Waals surface area contributed by atoms with Gasteiger partial charge < -0.3 is 9.84 Å². The first-order valence-electron chi connectivity index (χ1n) is 8.12. The summed E-state index contributed by atoms with van der Waals surface area (Å²) < 4.78 is 5.17. The van der Waals surface area contributed by atoms with E-state index in [0.717, 1.165) is 25.7 Å². The minimum atomic E-state index is -0.527. The molecule has 1 N–H and O–H groups in total. The third-order valence-corrected chi connectivity index (χ3v) is 5.36. The molecule has 3 heteroatoms. The second-order valence-corrected chi connectivity index (χ2v) is 7.11. The molecule has 0 aliphatic heterocycles. The molecule has 0 bridgehead atoms. The van der Waals surface area contributed by atoms with Crippen LogP contribution >= 0.6 is 0 Å². The molecule has 0 heterocycles. The SMILES string of the molecule is CC(=O)OC[C@H](CC[C@@]1(O)CCC[C@@H](C)[C@@H]1C)C(C)C. The zero-order valence-electron chi connectivity index (χ0n) is 13.8. The molecule has 0 aromatic heterocycles. The van der Waals surface area contributed by atoms with Gasteiger partial charge in [-0.05, 0) is 42.9 Å². The fraction of sp³-hybridized carbons (Fsp3) is 0.941. The molecule has 1 aliphatic carbocycles. The molecule has 1 aliphatic rings. The number of carbonyl (C=O) groups is 1. The third-order valence-electron chi connectivity index (χ3n) is 5.36. The van der Waals surface area contributed by atoms with E-state index in [4.69, 9.17) is 4.74 Å². The molecule has 3 nitrogen and oxygen atoms in total. The Labute approximate surface area is 124 Å². The quantitative estimate of drug-likeness (QED) is 0.755. The van der Waals surface area contributed by atoms with Crippen LogP contribution in [0.25, 0.3) is 0 Å². The van der Waals surface area contributed by atoms with Gasteiger partial charge in [-0.3, -0.25) is 4.79 Å². The van der Waals surface area contributed by atoms with Crippen molar-refractivity contribution in [2.45, 2.75) is 72.3 Å². The van der Waals surface area contributed by atoms with Gasteiger partial charge in [-0.1, -0.05) is 40.5 Å². The topological polar surface area (TPSA) is 46.5 Å². The van der Waals surface area contributed by atoms with Crippen molar-refractivity contribution < 1.29 is 14.6 Å². The average Bonchev–Trinajstić information content (AvgIpc) is 2.35. The minimum absolute atomic E-state index is 0.214. The van der Waals surface area contributed by atoms with Crippen molar-refractivity contribution in [2.75, 3.05) is 6.61 Å². The van der Waals surface area contributed by atoms with E-state index in [1.165, 1.54) is 13.3 Å². The monoisotopic (exact) mass is 284 g/mol. The van der Waals surface area contributed by atoms with Gasteiger partial charge in [-0.2, -0.15) is 0 Å². The van der Waals surface area contributed by atoms with Crippen molar-refractivity contribution in [1.29, 1.82) is 0 Å². The molecule has 0 aromatic carbocycles. The first-order valence-corrected chi connectivity index (χ1v) is 8.12. The van der Waals surface area contributed by atoms with E-state index in [0.29, 0.717) is 30.3 Å². The van der Waals surface area contributed by atoms with Crippen molar-refractivity contribution in [2.24, 2.45) is 23.7 Å². The molecule has 20 heavy (non-hydrogen) atoms. The van der Waals surface area contributed by atoms with Crippen LogP contribution in [-0.2, 0) is 9.53 Å². The maximum absolute atomic E-state index is 11.0. The van der Waals surface area contributed by atoms with Crippen LogP contribution < -0.4 is 0 Å². The molecule has 0 spiro atoms. The van der Waals surface area contributed by atoms with E-state index in [2.05, 4.69) is 27.7 Å². The molecule has 1 saturated carbocycles. The van der Waals surface area contributed by atoms with Gasteiger partial charge in [0.15, 0.2) is 0 Å². The van der Waals surface area contributed by atoms with Gasteiger partial charge in [0.1, 0.15) is 0 Å². The summed E-state index contributed by atoms with van der Waals surface area (Å²) in [6.07, 6.45) is 5.01. The first-order chi connectivity index (χ1) is 9.26. The molecular formula is C17H32O3. The van der Waals surface area contributed by atoms with E-state index in [-0.39, 0.29) is 5.97 Å². The van der Waals surface area contributed by atoms with Crippen LogP contribution in [0.2, 0.25) is 0 Å². The highest BCUT2D eigenvalue weighted by molar-refractivity contribution is 5.65. The summed E-state index contributed by atoms with van der Waals surface area (Å²) in [6, 6.07) is 0. The van der Waals surface area contributed by atoms with Crippen molar-refractivity contribution in [3.8, 4) is 0 Å². The normalized spacial score (nSPS) is 32.1. The summed E-state index contributed by atoms with van der Waals surface area (Å²) in [5.41, 5.74) is -0.527. The number of rotatable bonds is 6. The van der Waals surface area contributed by atoms with Crippen LogP contribution in [0, 0.1) is 23.7 Å². The summed E-state index contributed by atoms with van der Waals surface area (Å²) in [4.78, 5) is 11.0. The Hall–Kier alpha value is -0.570. The lowest BCUT2D eigenvalue weighted by molar-refractivity contribution is -0.143. The maximum atomic E-state index is 11.0. The number of ether oxygens (including phenoxy) is 1. The van der Waals surface area contributed by atoms with Crippen LogP contribution in [-0.4, -0.2) is 23.3 Å². The number of hydrogen-bond donors (Lipinski definition) is 1. The number of carbonyl (C=O) groups excluding carboxylic acids is 1. The average molecular weight is 284 g/mol. The molecule has 0 unspecified atom stereocenters. The van der Waals surface area contributed by atoms with Crippen molar-refractivity contribution in [1.82, 2.24) is 0 Å². The Morgan fingerprint density at radius 1 is 1.40 bits per heavy atom. The van der Waals surface area contributed by atoms with Crippen LogP contribution in [0.1, 0.15) is 66.7 Å². The predicted octanol–water partition coefficient (Wildman–Crippen LogP) is 3.79. The second kappa shape index (κ2) is 7.44. The van der Waals surface area contributed by atoms with Crippen molar-refractivity contribution in [3.63, 3.8) is 0 Å². The van der Waals surface area contributed by atoms with Gasteiger partial charge in [0.05, 0.1) is 12.2 Å². The molecule has 1 fully saturated rings. The summed E-state index contributed by atoms with van der Waals surface area (Å²) in [5, 5.41) is 10.9. The Morgan fingerprint density at radius 3 is 2.60 bits per heavy atom. The third kappa shape index (κ3) is 4.76. The maximum Gasteiger partial charge on any atom is 0.302 e. The number of aliphatic hydroxyl groups is 1. The van der Waals surface area contributed by atoms with Crippen LogP contribution in [0.3, 0.4) is 0 Å². The highest BCUT2D eigenvalue weighted by atomic mass is 16.5. The fourth-order valence-corrected chi connectivity index (χ4v) is 3.36. The van der Waals surface area contributed by atoms with Gasteiger partial charge >= 0.3 is 5.97 Å². The van der Waals surface area contributed by atoms with Gasteiger partial charge in [0, 0.05) is 6.92 Å². The molecule has 0 saturated heterocycles. The lowest BCUT2D eigenvalue weighted by atomic mass is 9.68. The van der Waals surface area contributed by atoms with Crippen molar-refractivity contribution >= 4 is 5.97 Å². The van der Waals surface area contributed by atoms with Crippen molar-refractivity contribution in [3.05, 3.63) is 0 Å². The smallest absolute Gasteiger partial charge is 0.302 e. The van der Waals surface area contributed by atoms with Gasteiger partial charge in [0.25, 0.3) is 0 Å². The summed E-state index contributed by atoms with van der Waals surface area (Å²) in [5.74, 6) is 1.55. The molecule has 4 atom stereocenters. The van der Waals surface area contributed by atoms with E-state index in [1.807, 2.05) is 0 Å². The highest BCUT2D eigenvalue weighted by Gasteiger charge is 2.39. The summed E-state index contributed by atoms with van der Waals surface area (Å²) in [6.45, 7) is 10.7. The Kier molecular flexibility index (Phi) is 6.50. The molecule has 118 valence electrons. The van der Waals surface area contributed by atoms with E-state index in [9.17, 15) is 9.90 Å². The second-order valence-electron chi connectivity index (χ2n) is 7.11. The van der Waals surface area contributed by atoms with Crippen LogP contribution in [0.15, 0.2) is 0 Å². The predicted molar refractivity (Wildman–Crippen MR) is 81.3 cm³/mol. The van der Waals surface area contributed by atoms with Gasteiger partial charge in [-0.15, -0.1) is 0 Å². The molecule has 0 radical (unpaired) electrons. The molecule has 0 aromatic rings. The van der Waals surface area contributed by atoms with Gasteiger partial charge in [0.2, 0.25) is 0 Å². The summed E-state index contributed by atoms with van der Waals surface area (Å²) in [7, 11) is 0. The van der Waals surface area contributed by atoms with E-state index >= 15 is 0 Å². The Balaban J connectivity index is 2.54. The minimum Gasteiger partial charge on any atom is -0.466 e. The Morgan fingerprint density at radius 2 is 2.05 bits per heavy atom. The first kappa shape index (κ1) is 17.5. The Bertz CT molecular complexity index is 313. The number of hydrogen-bond acceptors (Lipinski definition) is 3. The van der Waals surface area contributed by atoms with Crippen LogP contribution in [0.5, 0.6) is 0 Å². The summed E-state index contributed by atoms with van der Waals surface area (Å²) >= 11 is 0. The largest absolute Gasteiger partial charge is 0.466 e. The molecule has 0 amide bonds. The van der Waals surface area contributed by atoms with Gasteiger partial charge in [-0.25, -0.2) is 0 Å². The van der Waals surface area contributed by atoms with E-state index < -0.39 is 5.60 Å². The molecule has 1 rings (SSSR count). The zero-order chi connectivity index (χ0) is 15.3. The van der Waals surface area contributed by atoms with E-state index in [1.54, 1.807) is 0 Å². The lowest BCUT2D eigenvalue weighted by Crippen LogP contribution is -2.43. The zero-order valence-corrected chi connectivity index (χ0v) is 13.8. The number of esters is 1. The standard InChI is InChI=1S/C17H32O3/c1-12(2)16(11-20-15(5)18)8-10-17(19)9-6-7-13(3)14(17)4/h12-14,16,19H,6-11H2,1-5H3/t13-,14+,16+,17+/m1/s1. The molecular weight excluding hydrogens is 252 g/mol.